The summed E-state index contributed by atoms with van der Waals surface area (Å²) in [5.41, 5.74) is 1.25. The van der Waals surface area contributed by atoms with Gasteiger partial charge in [-0.3, -0.25) is 14.5 Å². The van der Waals surface area contributed by atoms with Gasteiger partial charge >= 0.3 is 0 Å². The number of nitrogens with zero attached hydrogens (tertiary/aromatic N) is 1. The van der Waals surface area contributed by atoms with Gasteiger partial charge in [0.05, 0.1) is 6.54 Å². The summed E-state index contributed by atoms with van der Waals surface area (Å²) in [5, 5.41) is 5.63. The number of para-hydroxylation sites is 1. The first-order valence-electron chi connectivity index (χ1n) is 8.74. The van der Waals surface area contributed by atoms with E-state index in [2.05, 4.69) is 10.6 Å². The van der Waals surface area contributed by atoms with E-state index in [1.807, 2.05) is 35.2 Å². The van der Waals surface area contributed by atoms with Crippen LogP contribution in [0, 0.1) is 11.7 Å². The van der Waals surface area contributed by atoms with Crippen LogP contribution >= 0.6 is 0 Å². The third-order valence-corrected chi connectivity index (χ3v) is 4.48. The van der Waals surface area contributed by atoms with E-state index in [0.717, 1.165) is 5.69 Å². The molecule has 5 nitrogen and oxygen atoms in total. The van der Waals surface area contributed by atoms with Gasteiger partial charge in [0.1, 0.15) is 5.82 Å². The number of benzene rings is 2. The predicted octanol–water partition coefficient (Wildman–Crippen LogP) is 3.11. The van der Waals surface area contributed by atoms with Crippen molar-refractivity contribution in [3.63, 3.8) is 0 Å². The zero-order chi connectivity index (χ0) is 18.4. The van der Waals surface area contributed by atoms with E-state index in [1.54, 1.807) is 12.1 Å². The standard InChI is InChI=1S/C20H22FN3O2/c21-16-5-4-8-18(13-16)22-19(25)14-24-11-9-15(10-12-24)20(26)23-17-6-2-1-3-7-17/h1-8,13,15H,9-12,14H2,(H,22,25)(H,23,26). The quantitative estimate of drug-likeness (QED) is 0.866. The van der Waals surface area contributed by atoms with Crippen molar-refractivity contribution in [2.45, 2.75) is 12.8 Å². The summed E-state index contributed by atoms with van der Waals surface area (Å²) in [7, 11) is 0. The average molecular weight is 355 g/mol. The first kappa shape index (κ1) is 18.1. The maximum Gasteiger partial charge on any atom is 0.238 e. The smallest absolute Gasteiger partial charge is 0.238 e. The number of carbonyl (C=O) groups excluding carboxylic acids is 2. The number of anilines is 2. The molecule has 2 aromatic carbocycles. The van der Waals surface area contributed by atoms with E-state index in [9.17, 15) is 14.0 Å². The molecule has 3 rings (SSSR count). The van der Waals surface area contributed by atoms with Gasteiger partial charge in [0.15, 0.2) is 0 Å². The zero-order valence-electron chi connectivity index (χ0n) is 14.5. The van der Waals surface area contributed by atoms with E-state index in [0.29, 0.717) is 31.6 Å². The number of rotatable bonds is 5. The molecule has 0 atom stereocenters. The van der Waals surface area contributed by atoms with Gasteiger partial charge in [-0.15, -0.1) is 0 Å². The van der Waals surface area contributed by atoms with Crippen molar-refractivity contribution in [1.29, 1.82) is 0 Å². The van der Waals surface area contributed by atoms with Crippen LogP contribution in [0.25, 0.3) is 0 Å². The number of nitrogens with one attached hydrogen (secondary N) is 2. The molecule has 0 aromatic heterocycles. The van der Waals surface area contributed by atoms with Crippen LogP contribution in [-0.2, 0) is 9.59 Å². The molecule has 1 saturated heterocycles. The fourth-order valence-corrected chi connectivity index (χ4v) is 3.09. The van der Waals surface area contributed by atoms with E-state index < -0.39 is 0 Å². The molecular weight excluding hydrogens is 333 g/mol. The largest absolute Gasteiger partial charge is 0.326 e. The number of hydrogen-bond donors (Lipinski definition) is 2. The molecule has 1 fully saturated rings. The van der Waals surface area contributed by atoms with Crippen molar-refractivity contribution in [1.82, 2.24) is 4.90 Å². The maximum absolute atomic E-state index is 13.2. The van der Waals surface area contributed by atoms with Crippen LogP contribution < -0.4 is 10.6 Å². The molecule has 0 unspecified atom stereocenters. The minimum atomic E-state index is -0.381. The maximum atomic E-state index is 13.2. The van der Waals surface area contributed by atoms with Crippen LogP contribution in [0.5, 0.6) is 0 Å². The van der Waals surface area contributed by atoms with Gasteiger partial charge in [0, 0.05) is 17.3 Å². The molecule has 2 N–H and O–H groups in total. The predicted molar refractivity (Wildman–Crippen MR) is 99.3 cm³/mol. The summed E-state index contributed by atoms with van der Waals surface area (Å²) in [6.07, 6.45) is 1.43. The molecule has 1 aliphatic heterocycles. The molecule has 6 heteroatoms. The van der Waals surface area contributed by atoms with Crippen molar-refractivity contribution in [3.8, 4) is 0 Å². The number of amides is 2. The lowest BCUT2D eigenvalue weighted by Crippen LogP contribution is -2.41. The molecule has 0 spiro atoms. The highest BCUT2D eigenvalue weighted by Crippen LogP contribution is 2.19. The number of halogens is 1. The molecule has 1 aliphatic rings. The van der Waals surface area contributed by atoms with Crippen LogP contribution in [0.15, 0.2) is 54.6 Å². The van der Waals surface area contributed by atoms with Gasteiger partial charge in [0.2, 0.25) is 11.8 Å². The topological polar surface area (TPSA) is 61.4 Å². The fraction of sp³-hybridized carbons (Fsp3) is 0.300. The zero-order valence-corrected chi connectivity index (χ0v) is 14.5. The van der Waals surface area contributed by atoms with E-state index in [-0.39, 0.29) is 30.1 Å². The normalized spacial score (nSPS) is 15.4. The van der Waals surface area contributed by atoms with Crippen molar-refractivity contribution >= 4 is 23.2 Å². The van der Waals surface area contributed by atoms with Gasteiger partial charge < -0.3 is 10.6 Å². The molecule has 136 valence electrons. The van der Waals surface area contributed by atoms with E-state index in [1.165, 1.54) is 12.1 Å². The van der Waals surface area contributed by atoms with Gasteiger partial charge in [-0.05, 0) is 56.3 Å². The third kappa shape index (κ3) is 5.13. The lowest BCUT2D eigenvalue weighted by molar-refractivity contribution is -0.121. The monoisotopic (exact) mass is 355 g/mol. The van der Waals surface area contributed by atoms with Crippen LogP contribution in [0.3, 0.4) is 0 Å². The summed E-state index contributed by atoms with van der Waals surface area (Å²) in [5.74, 6) is -0.575. The lowest BCUT2D eigenvalue weighted by atomic mass is 9.96. The number of likely N-dealkylation sites (tertiary alicyclic amines) is 1. The van der Waals surface area contributed by atoms with Crippen molar-refractivity contribution in [2.75, 3.05) is 30.3 Å². The van der Waals surface area contributed by atoms with Crippen molar-refractivity contribution < 1.29 is 14.0 Å². The molecule has 0 bridgehead atoms. The Balaban J connectivity index is 1.43. The summed E-state index contributed by atoms with van der Waals surface area (Å²) < 4.78 is 13.2. The summed E-state index contributed by atoms with van der Waals surface area (Å²) in [4.78, 5) is 26.4. The molecule has 2 aromatic rings. The Morgan fingerprint density at radius 1 is 0.962 bits per heavy atom. The highest BCUT2D eigenvalue weighted by atomic mass is 19.1. The fourth-order valence-electron chi connectivity index (χ4n) is 3.09. The molecule has 1 heterocycles. The summed E-state index contributed by atoms with van der Waals surface area (Å²) >= 11 is 0. The SMILES string of the molecule is O=C(CN1CCC(C(=O)Nc2ccccc2)CC1)Nc1cccc(F)c1. The number of hydrogen-bond acceptors (Lipinski definition) is 3. The van der Waals surface area contributed by atoms with Crippen LogP contribution in [-0.4, -0.2) is 36.3 Å². The number of carbonyl (C=O) groups is 2. The number of piperidine rings is 1. The lowest BCUT2D eigenvalue weighted by Gasteiger charge is -2.30. The van der Waals surface area contributed by atoms with Gasteiger partial charge in [-0.2, -0.15) is 0 Å². The first-order valence-corrected chi connectivity index (χ1v) is 8.74. The highest BCUT2D eigenvalue weighted by molar-refractivity contribution is 5.93. The molecular formula is C20H22FN3O2. The Morgan fingerprint density at radius 2 is 1.65 bits per heavy atom. The van der Waals surface area contributed by atoms with Crippen LogP contribution in [0.1, 0.15) is 12.8 Å². The van der Waals surface area contributed by atoms with Crippen molar-refractivity contribution in [2.24, 2.45) is 5.92 Å². The van der Waals surface area contributed by atoms with E-state index in [4.69, 9.17) is 0 Å². The Labute approximate surface area is 152 Å². The Bertz CT molecular complexity index is 759. The second-order valence-electron chi connectivity index (χ2n) is 6.46. The Hall–Kier alpha value is -2.73. The highest BCUT2D eigenvalue weighted by Gasteiger charge is 2.26. The van der Waals surface area contributed by atoms with Gasteiger partial charge in [0.25, 0.3) is 0 Å². The first-order chi connectivity index (χ1) is 12.6. The molecule has 0 saturated carbocycles. The van der Waals surface area contributed by atoms with Crippen LogP contribution in [0.4, 0.5) is 15.8 Å². The Kier molecular flexibility index (Phi) is 5.96. The molecule has 2 amide bonds. The average Bonchev–Trinajstić information content (AvgIpc) is 2.63. The van der Waals surface area contributed by atoms with Gasteiger partial charge in [-0.25, -0.2) is 4.39 Å². The second-order valence-corrected chi connectivity index (χ2v) is 6.46. The third-order valence-electron chi connectivity index (χ3n) is 4.48. The molecule has 0 aliphatic carbocycles. The minimum absolute atomic E-state index is 0.0278. The second kappa shape index (κ2) is 8.58. The minimum Gasteiger partial charge on any atom is -0.326 e. The van der Waals surface area contributed by atoms with Crippen molar-refractivity contribution in [3.05, 3.63) is 60.4 Å². The molecule has 0 radical (unpaired) electrons. The Morgan fingerprint density at radius 3 is 2.35 bits per heavy atom. The summed E-state index contributed by atoms with van der Waals surface area (Å²) in [6, 6.07) is 15.2. The molecule has 26 heavy (non-hydrogen) atoms. The van der Waals surface area contributed by atoms with E-state index >= 15 is 0 Å². The van der Waals surface area contributed by atoms with Crippen LogP contribution in [0.2, 0.25) is 0 Å². The summed E-state index contributed by atoms with van der Waals surface area (Å²) in [6.45, 7) is 1.61. The van der Waals surface area contributed by atoms with Gasteiger partial charge in [-0.1, -0.05) is 24.3 Å².